The lowest BCUT2D eigenvalue weighted by molar-refractivity contribution is -0.124. The van der Waals surface area contributed by atoms with Crippen LogP contribution in [-0.2, 0) is 4.79 Å². The number of benzene rings is 3. The highest BCUT2D eigenvalue weighted by atomic mass is 16.5. The zero-order valence-electron chi connectivity index (χ0n) is 16.0. The van der Waals surface area contributed by atoms with E-state index in [0.29, 0.717) is 0 Å². The van der Waals surface area contributed by atoms with Gasteiger partial charge >= 0.3 is 0 Å². The van der Waals surface area contributed by atoms with E-state index in [2.05, 4.69) is 29.7 Å². The monoisotopic (exact) mass is 383 g/mol. The van der Waals surface area contributed by atoms with Crippen molar-refractivity contribution >= 4 is 23.0 Å². The number of rotatable bonds is 5. The van der Waals surface area contributed by atoms with Crippen LogP contribution in [0.4, 0.5) is 0 Å². The summed E-state index contributed by atoms with van der Waals surface area (Å²) in [5.41, 5.74) is 6.60. The first-order valence-corrected chi connectivity index (χ1v) is 9.42. The van der Waals surface area contributed by atoms with Crippen molar-refractivity contribution in [1.29, 1.82) is 0 Å². The highest BCUT2D eigenvalue weighted by molar-refractivity contribution is 5.91. The number of amides is 1. The van der Waals surface area contributed by atoms with Gasteiger partial charge in [0.15, 0.2) is 0 Å². The Morgan fingerprint density at radius 1 is 1.03 bits per heavy atom. The summed E-state index contributed by atoms with van der Waals surface area (Å²) in [5, 5.41) is 8.67. The third-order valence-corrected chi connectivity index (χ3v) is 4.95. The van der Waals surface area contributed by atoms with Gasteiger partial charge < -0.3 is 4.57 Å². The number of carbonyl (C=O) groups is 1. The molecule has 1 unspecified atom stereocenters. The van der Waals surface area contributed by atoms with Gasteiger partial charge in [-0.25, -0.2) is 10.5 Å². The van der Waals surface area contributed by atoms with Crippen LogP contribution in [0, 0.1) is 0 Å². The second-order valence-corrected chi connectivity index (χ2v) is 6.82. The van der Waals surface area contributed by atoms with Crippen LogP contribution in [0.1, 0.15) is 24.1 Å². The van der Waals surface area contributed by atoms with Gasteiger partial charge in [0.1, 0.15) is 5.82 Å². The lowest BCUT2D eigenvalue weighted by atomic mass is 10.1. The molecule has 0 radical (unpaired) electrons. The lowest BCUT2D eigenvalue weighted by Gasteiger charge is -2.18. The summed E-state index contributed by atoms with van der Waals surface area (Å²) in [6.07, 6.45) is 2.94. The van der Waals surface area contributed by atoms with Gasteiger partial charge in [-0.15, -0.1) is 0 Å². The number of nitrogens with one attached hydrogen (secondary N) is 1. The van der Waals surface area contributed by atoms with E-state index in [1.807, 2.05) is 60.7 Å². The molecule has 0 aliphatic heterocycles. The van der Waals surface area contributed by atoms with E-state index < -0.39 is 5.91 Å². The molecule has 2 N–H and O–H groups in total. The van der Waals surface area contributed by atoms with E-state index in [1.54, 1.807) is 11.6 Å². The van der Waals surface area contributed by atoms with Gasteiger partial charge in [0.05, 0.1) is 17.1 Å². The number of carbonyl (C=O) groups excluding carboxylic acids is 1. The summed E-state index contributed by atoms with van der Waals surface area (Å²) in [5.74, 6) is 0.296. The van der Waals surface area contributed by atoms with Crippen LogP contribution in [0.3, 0.4) is 0 Å². The van der Waals surface area contributed by atoms with Crippen LogP contribution in [0.2, 0.25) is 0 Å². The maximum atomic E-state index is 11.3. The predicted molar refractivity (Wildman–Crippen MR) is 114 cm³/mol. The third-order valence-electron chi connectivity index (χ3n) is 4.95. The normalized spacial score (nSPS) is 12.3. The standard InChI is InChI=1S/C24H21N3O2/c1-17(19-9-3-2-4-10-19)27-22-13-6-5-12-21(22)25-24(27)20-11-7-8-18(16-20)14-15-23(28)26-29/h2-17,29H,1H3,(H,26,28). The number of aromatic nitrogens is 2. The molecule has 5 heteroatoms. The summed E-state index contributed by atoms with van der Waals surface area (Å²) in [7, 11) is 0. The van der Waals surface area contributed by atoms with Crippen molar-refractivity contribution in [2.45, 2.75) is 13.0 Å². The van der Waals surface area contributed by atoms with E-state index in [1.165, 1.54) is 11.6 Å². The quantitative estimate of drug-likeness (QED) is 0.295. The summed E-state index contributed by atoms with van der Waals surface area (Å²) < 4.78 is 2.24. The van der Waals surface area contributed by atoms with Gasteiger partial charge in [0, 0.05) is 11.6 Å². The zero-order chi connectivity index (χ0) is 20.2. The number of hydroxylamine groups is 1. The molecule has 0 fully saturated rings. The summed E-state index contributed by atoms with van der Waals surface area (Å²) in [4.78, 5) is 16.2. The zero-order valence-corrected chi connectivity index (χ0v) is 16.0. The van der Waals surface area contributed by atoms with E-state index in [9.17, 15) is 4.79 Å². The molecule has 0 aliphatic carbocycles. The van der Waals surface area contributed by atoms with E-state index in [4.69, 9.17) is 10.2 Å². The maximum Gasteiger partial charge on any atom is 0.267 e. The Balaban J connectivity index is 1.84. The predicted octanol–water partition coefficient (Wildman–Crippen LogP) is 4.83. The Labute approximate surface area is 168 Å². The summed E-state index contributed by atoms with van der Waals surface area (Å²) in [6, 6.07) is 26.4. The molecule has 3 aromatic carbocycles. The Morgan fingerprint density at radius 3 is 2.59 bits per heavy atom. The number of hydrogen-bond acceptors (Lipinski definition) is 3. The molecule has 1 amide bonds. The number of hydrogen-bond donors (Lipinski definition) is 2. The molecule has 1 heterocycles. The van der Waals surface area contributed by atoms with Crippen LogP contribution >= 0.6 is 0 Å². The van der Waals surface area contributed by atoms with Gasteiger partial charge in [0.2, 0.25) is 0 Å². The molecule has 0 aliphatic rings. The van der Waals surface area contributed by atoms with E-state index >= 15 is 0 Å². The fraction of sp³-hybridized carbons (Fsp3) is 0.0833. The molecule has 5 nitrogen and oxygen atoms in total. The number of para-hydroxylation sites is 2. The molecule has 4 rings (SSSR count). The molecule has 0 saturated carbocycles. The minimum Gasteiger partial charge on any atom is -0.317 e. The van der Waals surface area contributed by atoms with Gasteiger partial charge in [-0.1, -0.05) is 60.7 Å². The smallest absolute Gasteiger partial charge is 0.267 e. The molecule has 4 aromatic rings. The number of fused-ring (bicyclic) bond motifs is 1. The Morgan fingerprint density at radius 2 is 1.79 bits per heavy atom. The van der Waals surface area contributed by atoms with Crippen molar-refractivity contribution in [2.24, 2.45) is 0 Å². The average Bonchev–Trinajstić information content (AvgIpc) is 3.17. The molecule has 0 bridgehead atoms. The topological polar surface area (TPSA) is 67.2 Å². The lowest BCUT2D eigenvalue weighted by Crippen LogP contribution is -2.14. The molecule has 1 atom stereocenters. The number of nitrogens with zero attached hydrogens (tertiary/aromatic N) is 2. The first-order chi connectivity index (χ1) is 14.2. The van der Waals surface area contributed by atoms with Crippen LogP contribution in [0.5, 0.6) is 0 Å². The first-order valence-electron chi connectivity index (χ1n) is 9.42. The van der Waals surface area contributed by atoms with Crippen molar-refractivity contribution < 1.29 is 10.0 Å². The molecule has 144 valence electrons. The second-order valence-electron chi connectivity index (χ2n) is 6.82. The average molecular weight is 383 g/mol. The number of imidazole rings is 1. The van der Waals surface area contributed by atoms with Crippen molar-refractivity contribution in [3.63, 3.8) is 0 Å². The van der Waals surface area contributed by atoms with Crippen LogP contribution < -0.4 is 5.48 Å². The largest absolute Gasteiger partial charge is 0.317 e. The summed E-state index contributed by atoms with van der Waals surface area (Å²) >= 11 is 0. The fourth-order valence-electron chi connectivity index (χ4n) is 3.51. The van der Waals surface area contributed by atoms with Crippen LogP contribution in [0.25, 0.3) is 28.5 Å². The van der Waals surface area contributed by atoms with Crippen molar-refractivity contribution in [1.82, 2.24) is 15.0 Å². The van der Waals surface area contributed by atoms with Crippen LogP contribution in [-0.4, -0.2) is 20.7 Å². The molecule has 29 heavy (non-hydrogen) atoms. The molecular formula is C24H21N3O2. The van der Waals surface area contributed by atoms with Gasteiger partial charge in [-0.3, -0.25) is 10.0 Å². The van der Waals surface area contributed by atoms with Crippen molar-refractivity contribution in [3.8, 4) is 11.4 Å². The molecule has 0 saturated heterocycles. The highest BCUT2D eigenvalue weighted by Gasteiger charge is 2.18. The van der Waals surface area contributed by atoms with Gasteiger partial charge in [0.25, 0.3) is 5.91 Å². The maximum absolute atomic E-state index is 11.3. The van der Waals surface area contributed by atoms with Crippen molar-refractivity contribution in [3.05, 3.63) is 96.1 Å². The first kappa shape index (κ1) is 18.7. The summed E-state index contributed by atoms with van der Waals surface area (Å²) in [6.45, 7) is 2.17. The van der Waals surface area contributed by atoms with E-state index in [-0.39, 0.29) is 6.04 Å². The fourth-order valence-corrected chi connectivity index (χ4v) is 3.51. The van der Waals surface area contributed by atoms with Gasteiger partial charge in [-0.2, -0.15) is 0 Å². The minimum atomic E-state index is -0.569. The van der Waals surface area contributed by atoms with Crippen molar-refractivity contribution in [2.75, 3.05) is 0 Å². The van der Waals surface area contributed by atoms with Gasteiger partial charge in [-0.05, 0) is 42.3 Å². The molecule has 0 spiro atoms. The minimum absolute atomic E-state index is 0.0953. The Bertz CT molecular complexity index is 1180. The second kappa shape index (κ2) is 8.12. The molecule has 1 aromatic heterocycles. The Kier molecular flexibility index (Phi) is 5.22. The Hall–Kier alpha value is -3.70. The molecular weight excluding hydrogens is 362 g/mol. The van der Waals surface area contributed by atoms with Crippen LogP contribution in [0.15, 0.2) is 84.9 Å². The SMILES string of the molecule is CC(c1ccccc1)n1c(-c2cccc(C=CC(=O)NO)c2)nc2ccccc21. The third kappa shape index (κ3) is 3.81. The highest BCUT2D eigenvalue weighted by Crippen LogP contribution is 2.31. The van der Waals surface area contributed by atoms with E-state index in [0.717, 1.165) is 28.0 Å².